The Balaban J connectivity index is 1.96. The number of carbonyl (C=O) groups excluding carboxylic acids is 2. The number of carbonyl (C=O) groups is 2. The van der Waals surface area contributed by atoms with Gasteiger partial charge in [0.25, 0.3) is 0 Å². The number of ether oxygens (including phenoxy) is 2. The monoisotopic (exact) mass is 489 g/mol. The molecule has 1 amide bonds. The number of aromatic nitrogens is 2. The minimum atomic E-state index is -3.72. The minimum absolute atomic E-state index is 0.0990. The first-order valence-electron chi connectivity index (χ1n) is 10.5. The SMILES string of the molecule is CC(C)OC(=O)[C@H](COP1(=O)CO[C@@H](Cn2ccc(N)nc2=O)CO1)NC(=O)[C@H](N)C(C)C. The van der Waals surface area contributed by atoms with Crippen LogP contribution in [-0.4, -0.2) is 65.3 Å². The zero-order chi connectivity index (χ0) is 24.8. The molecule has 2 heterocycles. The summed E-state index contributed by atoms with van der Waals surface area (Å²) in [5.41, 5.74) is 10.7. The molecule has 0 saturated carbocycles. The number of amides is 1. The van der Waals surface area contributed by atoms with Crippen LogP contribution in [0.25, 0.3) is 0 Å². The lowest BCUT2D eigenvalue weighted by molar-refractivity contribution is -0.152. The summed E-state index contributed by atoms with van der Waals surface area (Å²) in [6.07, 6.45) is 0.0474. The highest BCUT2D eigenvalue weighted by molar-refractivity contribution is 7.53. The lowest BCUT2D eigenvalue weighted by Crippen LogP contribution is -2.52. The van der Waals surface area contributed by atoms with Gasteiger partial charge in [-0.05, 0) is 25.8 Å². The van der Waals surface area contributed by atoms with E-state index in [0.29, 0.717) is 0 Å². The Labute approximate surface area is 191 Å². The maximum absolute atomic E-state index is 12.9. The van der Waals surface area contributed by atoms with Crippen molar-refractivity contribution < 1.29 is 32.7 Å². The maximum Gasteiger partial charge on any atom is 0.356 e. The Morgan fingerprint density at radius 1 is 1.36 bits per heavy atom. The van der Waals surface area contributed by atoms with Gasteiger partial charge in [-0.1, -0.05) is 13.8 Å². The van der Waals surface area contributed by atoms with E-state index in [1.165, 1.54) is 16.8 Å². The molecule has 1 fully saturated rings. The van der Waals surface area contributed by atoms with Crippen LogP contribution in [0.1, 0.15) is 27.7 Å². The Morgan fingerprint density at radius 2 is 2.06 bits per heavy atom. The standard InChI is InChI=1S/C19H32N5O8P/c1-11(2)16(21)17(25)22-14(18(26)32-12(3)4)9-31-33(28)10-29-13(8-30-33)7-24-6-5-15(20)23-19(24)27/h5-6,11-14,16H,7-10,21H2,1-4H3,(H,22,25)(H2,20,23,27)/t13-,14-,16+,33?/m0/s1. The quantitative estimate of drug-likeness (QED) is 0.292. The van der Waals surface area contributed by atoms with Crippen LogP contribution in [-0.2, 0) is 39.2 Å². The van der Waals surface area contributed by atoms with E-state index in [1.807, 2.05) is 0 Å². The molecule has 0 aromatic carbocycles. The van der Waals surface area contributed by atoms with Crippen molar-refractivity contribution in [3.05, 3.63) is 22.7 Å². The molecule has 1 aromatic heterocycles. The number of hydrogen-bond acceptors (Lipinski definition) is 11. The largest absolute Gasteiger partial charge is 0.461 e. The van der Waals surface area contributed by atoms with E-state index in [0.717, 1.165) is 0 Å². The second-order valence-corrected chi connectivity index (χ2v) is 10.2. The van der Waals surface area contributed by atoms with E-state index in [1.54, 1.807) is 27.7 Å². The lowest BCUT2D eigenvalue weighted by atomic mass is 10.0. The number of nitrogens with zero attached hydrogens (tertiary/aromatic N) is 2. The summed E-state index contributed by atoms with van der Waals surface area (Å²) < 4.78 is 35.6. The molecule has 186 valence electrons. The zero-order valence-corrected chi connectivity index (χ0v) is 20.0. The van der Waals surface area contributed by atoms with Crippen LogP contribution >= 0.6 is 7.60 Å². The summed E-state index contributed by atoms with van der Waals surface area (Å²) in [6, 6.07) is -0.623. The van der Waals surface area contributed by atoms with Crippen molar-refractivity contribution in [2.24, 2.45) is 11.7 Å². The average molecular weight is 489 g/mol. The fourth-order valence-electron chi connectivity index (χ4n) is 2.70. The molecule has 1 aliphatic rings. The fourth-order valence-corrected chi connectivity index (χ4v) is 4.09. The molecule has 13 nitrogen and oxygen atoms in total. The van der Waals surface area contributed by atoms with E-state index in [-0.39, 0.29) is 24.9 Å². The molecular weight excluding hydrogens is 457 g/mol. The smallest absolute Gasteiger partial charge is 0.356 e. The number of rotatable bonds is 10. The summed E-state index contributed by atoms with van der Waals surface area (Å²) in [5, 5.41) is 2.48. The second-order valence-electron chi connectivity index (χ2n) is 8.22. The van der Waals surface area contributed by atoms with Gasteiger partial charge >= 0.3 is 19.3 Å². The van der Waals surface area contributed by atoms with Crippen LogP contribution in [0, 0.1) is 5.92 Å². The van der Waals surface area contributed by atoms with Crippen LogP contribution in [0.5, 0.6) is 0 Å². The van der Waals surface area contributed by atoms with Gasteiger partial charge in [-0.15, -0.1) is 0 Å². The third-order valence-electron chi connectivity index (χ3n) is 4.63. The van der Waals surface area contributed by atoms with Gasteiger partial charge in [-0.25, -0.2) is 9.59 Å². The van der Waals surface area contributed by atoms with Gasteiger partial charge in [0, 0.05) is 6.20 Å². The molecule has 2 rings (SSSR count). The molecular formula is C19H32N5O8P. The van der Waals surface area contributed by atoms with E-state index < -0.39 is 62.4 Å². The van der Waals surface area contributed by atoms with Gasteiger partial charge in [-0.2, -0.15) is 4.98 Å². The number of anilines is 1. The van der Waals surface area contributed by atoms with E-state index >= 15 is 0 Å². The molecule has 4 atom stereocenters. The highest BCUT2D eigenvalue weighted by Crippen LogP contribution is 2.51. The van der Waals surface area contributed by atoms with Crippen LogP contribution in [0.15, 0.2) is 17.1 Å². The molecule has 1 saturated heterocycles. The van der Waals surface area contributed by atoms with Crippen LogP contribution < -0.4 is 22.5 Å². The predicted molar refractivity (Wildman–Crippen MR) is 118 cm³/mol. The third kappa shape index (κ3) is 8.20. The zero-order valence-electron chi connectivity index (χ0n) is 19.1. The average Bonchev–Trinajstić information content (AvgIpc) is 2.73. The Kier molecular flexibility index (Phi) is 9.56. The van der Waals surface area contributed by atoms with Crippen LogP contribution in [0.2, 0.25) is 0 Å². The minimum Gasteiger partial charge on any atom is -0.461 e. The predicted octanol–water partition coefficient (Wildman–Crippen LogP) is -0.172. The van der Waals surface area contributed by atoms with Crippen molar-refractivity contribution in [3.8, 4) is 0 Å². The lowest BCUT2D eigenvalue weighted by Gasteiger charge is -2.30. The highest BCUT2D eigenvalue weighted by atomic mass is 31.2. The number of nitrogens with two attached hydrogens (primary N) is 2. The molecule has 0 aliphatic carbocycles. The van der Waals surface area contributed by atoms with E-state index in [4.69, 9.17) is 30.0 Å². The molecule has 5 N–H and O–H groups in total. The summed E-state index contributed by atoms with van der Waals surface area (Å²) in [4.78, 5) is 40.2. The second kappa shape index (κ2) is 11.7. The van der Waals surface area contributed by atoms with Gasteiger partial charge < -0.3 is 35.3 Å². The molecule has 33 heavy (non-hydrogen) atoms. The van der Waals surface area contributed by atoms with Crippen molar-refractivity contribution in [3.63, 3.8) is 0 Å². The first-order chi connectivity index (χ1) is 15.4. The number of hydrogen-bond donors (Lipinski definition) is 3. The van der Waals surface area contributed by atoms with Gasteiger partial charge in [0.15, 0.2) is 6.04 Å². The topological polar surface area (TPSA) is 187 Å². The van der Waals surface area contributed by atoms with Crippen molar-refractivity contribution in [1.82, 2.24) is 14.9 Å². The summed E-state index contributed by atoms with van der Waals surface area (Å²) in [5.74, 6) is -1.39. The Hall–Kier alpha value is -2.31. The van der Waals surface area contributed by atoms with Gasteiger partial charge in [0.2, 0.25) is 5.91 Å². The van der Waals surface area contributed by atoms with Crippen LogP contribution in [0.3, 0.4) is 0 Å². The number of esters is 1. The first kappa shape index (κ1) is 26.9. The number of nitrogen functional groups attached to an aromatic ring is 1. The third-order valence-corrected chi connectivity index (χ3v) is 6.18. The van der Waals surface area contributed by atoms with Crippen molar-refractivity contribution >= 4 is 25.3 Å². The summed E-state index contributed by atoms with van der Waals surface area (Å²) >= 11 is 0. The van der Waals surface area contributed by atoms with Crippen molar-refractivity contribution in [2.45, 2.75) is 58.5 Å². The van der Waals surface area contributed by atoms with Gasteiger partial charge in [0.1, 0.15) is 18.3 Å². The maximum atomic E-state index is 12.9. The van der Waals surface area contributed by atoms with Crippen molar-refractivity contribution in [1.29, 1.82) is 0 Å². The van der Waals surface area contributed by atoms with Gasteiger partial charge in [-0.3, -0.25) is 13.9 Å². The molecule has 0 bridgehead atoms. The van der Waals surface area contributed by atoms with Crippen LogP contribution in [0.4, 0.5) is 5.82 Å². The Morgan fingerprint density at radius 3 is 2.61 bits per heavy atom. The molecule has 1 aromatic rings. The van der Waals surface area contributed by atoms with E-state index in [9.17, 15) is 18.9 Å². The Bertz CT molecular complexity index is 925. The summed E-state index contributed by atoms with van der Waals surface area (Å²) in [7, 11) is -3.72. The summed E-state index contributed by atoms with van der Waals surface area (Å²) in [6.45, 7) is 6.35. The first-order valence-corrected chi connectivity index (χ1v) is 12.2. The molecule has 1 unspecified atom stereocenters. The highest BCUT2D eigenvalue weighted by Gasteiger charge is 2.36. The van der Waals surface area contributed by atoms with Crippen molar-refractivity contribution in [2.75, 3.05) is 25.3 Å². The molecule has 14 heteroatoms. The van der Waals surface area contributed by atoms with Gasteiger partial charge in [0.05, 0.1) is 31.9 Å². The van der Waals surface area contributed by atoms with E-state index in [2.05, 4.69) is 10.3 Å². The fraction of sp³-hybridized carbons (Fsp3) is 0.684. The molecule has 0 radical (unpaired) electrons. The molecule has 0 spiro atoms. The molecule has 1 aliphatic heterocycles. The normalized spacial score (nSPS) is 22.7. The number of nitrogens with one attached hydrogen (secondary N) is 1.